The molecular weight excluding hydrogens is 442 g/mol. The Balaban J connectivity index is 1.86. The number of hydrogen-bond acceptors (Lipinski definition) is 7. The van der Waals surface area contributed by atoms with Gasteiger partial charge in [-0.25, -0.2) is 0 Å². The topological polar surface area (TPSA) is 85.3 Å². The molecule has 1 amide bonds. The first-order valence-corrected chi connectivity index (χ1v) is 11.1. The van der Waals surface area contributed by atoms with Crippen LogP contribution in [0.5, 0.6) is 11.5 Å². The van der Waals surface area contributed by atoms with Crippen molar-refractivity contribution in [3.8, 4) is 11.5 Å². The second-order valence-corrected chi connectivity index (χ2v) is 8.68. The highest BCUT2D eigenvalue weighted by Crippen LogP contribution is 2.44. The fraction of sp³-hybridized carbons (Fsp3) is 0.364. The zero-order valence-electron chi connectivity index (χ0n) is 17.1. The molecule has 0 radical (unpaired) electrons. The molecule has 31 heavy (non-hydrogen) atoms. The van der Waals surface area contributed by atoms with E-state index in [2.05, 4.69) is 0 Å². The number of rotatable bonds is 6. The minimum absolute atomic E-state index is 0.00752. The molecule has 0 aliphatic carbocycles. The van der Waals surface area contributed by atoms with Crippen LogP contribution in [0, 0.1) is 0 Å². The molecule has 2 fully saturated rings. The average molecular weight is 464 g/mol. The Bertz CT molecular complexity index is 1030. The third-order valence-electron chi connectivity index (χ3n) is 5.51. The van der Waals surface area contributed by atoms with Crippen molar-refractivity contribution in [2.45, 2.75) is 25.0 Å². The monoisotopic (exact) mass is 463 g/mol. The van der Waals surface area contributed by atoms with Crippen molar-refractivity contribution in [1.29, 1.82) is 0 Å². The predicted molar refractivity (Wildman–Crippen MR) is 117 cm³/mol. The molecule has 9 heteroatoms. The van der Waals surface area contributed by atoms with Gasteiger partial charge in [-0.3, -0.25) is 9.59 Å². The van der Waals surface area contributed by atoms with Gasteiger partial charge in [-0.1, -0.05) is 17.7 Å². The van der Waals surface area contributed by atoms with E-state index in [0.717, 1.165) is 17.7 Å². The van der Waals surface area contributed by atoms with Gasteiger partial charge in [-0.15, -0.1) is 11.3 Å². The number of carbonyl (C=O) groups is 2. The van der Waals surface area contributed by atoms with Crippen LogP contribution in [0.25, 0.3) is 5.76 Å². The van der Waals surface area contributed by atoms with Gasteiger partial charge >= 0.3 is 0 Å². The molecule has 2 saturated heterocycles. The van der Waals surface area contributed by atoms with Crippen molar-refractivity contribution in [3.05, 3.63) is 50.7 Å². The summed E-state index contributed by atoms with van der Waals surface area (Å²) in [6, 6.07) is 5.97. The third-order valence-corrected chi connectivity index (χ3v) is 6.73. The van der Waals surface area contributed by atoms with Crippen LogP contribution in [0.4, 0.5) is 0 Å². The van der Waals surface area contributed by atoms with Crippen LogP contribution >= 0.6 is 22.9 Å². The molecule has 7 nitrogen and oxygen atoms in total. The van der Waals surface area contributed by atoms with E-state index in [1.54, 1.807) is 0 Å². The molecular formula is C22H22ClNO6S. The average Bonchev–Trinajstić information content (AvgIpc) is 3.52. The zero-order valence-corrected chi connectivity index (χ0v) is 18.7. The van der Waals surface area contributed by atoms with E-state index in [9.17, 15) is 14.7 Å². The summed E-state index contributed by atoms with van der Waals surface area (Å²) in [5.41, 5.74) is 0.230. The standard InChI is InChI=1S/C22H22ClNO6S/c1-28-15-10-14(23)16(29-2)9-13(15)20(25)18-19(17-6-4-8-31-17)24(22(27)21(18)26)11-12-5-3-7-30-12/h4,6,8-10,12,19,25H,3,5,7,11H2,1-2H3/b20-18+. The summed E-state index contributed by atoms with van der Waals surface area (Å²) in [6.45, 7) is 0.922. The molecule has 0 saturated carbocycles. The van der Waals surface area contributed by atoms with Gasteiger partial charge in [0, 0.05) is 24.1 Å². The normalized spacial score (nSPS) is 22.9. The summed E-state index contributed by atoms with van der Waals surface area (Å²) >= 11 is 7.59. The molecule has 1 aromatic heterocycles. The van der Waals surface area contributed by atoms with Crippen molar-refractivity contribution < 1.29 is 28.9 Å². The number of halogens is 1. The Morgan fingerprint density at radius 3 is 2.68 bits per heavy atom. The van der Waals surface area contributed by atoms with E-state index >= 15 is 0 Å². The first-order valence-electron chi connectivity index (χ1n) is 9.81. The van der Waals surface area contributed by atoms with Crippen molar-refractivity contribution in [1.82, 2.24) is 4.90 Å². The number of aliphatic hydroxyl groups is 1. The van der Waals surface area contributed by atoms with Crippen LogP contribution in [0.1, 0.15) is 29.3 Å². The second-order valence-electron chi connectivity index (χ2n) is 7.29. The van der Waals surface area contributed by atoms with Gasteiger partial charge in [0.2, 0.25) is 0 Å². The number of ketones is 1. The molecule has 2 aliphatic heterocycles. The van der Waals surface area contributed by atoms with E-state index < -0.39 is 17.7 Å². The van der Waals surface area contributed by atoms with E-state index in [0.29, 0.717) is 17.4 Å². The number of aliphatic hydroxyl groups excluding tert-OH is 1. The van der Waals surface area contributed by atoms with Gasteiger partial charge in [0.1, 0.15) is 17.3 Å². The fourth-order valence-corrected chi connectivity index (χ4v) is 5.09. The molecule has 1 N–H and O–H groups in total. The smallest absolute Gasteiger partial charge is 0.295 e. The largest absolute Gasteiger partial charge is 0.507 e. The zero-order chi connectivity index (χ0) is 22.1. The van der Waals surface area contributed by atoms with Crippen LogP contribution < -0.4 is 9.47 Å². The summed E-state index contributed by atoms with van der Waals surface area (Å²) in [5.74, 6) is -1.16. The van der Waals surface area contributed by atoms with Crippen LogP contribution in [0.3, 0.4) is 0 Å². The highest BCUT2D eigenvalue weighted by atomic mass is 35.5. The molecule has 4 rings (SSSR count). The van der Waals surface area contributed by atoms with Gasteiger partial charge in [-0.2, -0.15) is 0 Å². The number of methoxy groups -OCH3 is 2. The molecule has 0 spiro atoms. The molecule has 2 unspecified atom stereocenters. The lowest BCUT2D eigenvalue weighted by Gasteiger charge is -2.26. The van der Waals surface area contributed by atoms with Gasteiger partial charge in [0.05, 0.1) is 42.5 Å². The van der Waals surface area contributed by atoms with Crippen LogP contribution in [0.15, 0.2) is 35.2 Å². The quantitative estimate of drug-likeness (QED) is 0.395. The van der Waals surface area contributed by atoms with E-state index in [1.165, 1.54) is 42.6 Å². The summed E-state index contributed by atoms with van der Waals surface area (Å²) in [4.78, 5) is 28.3. The molecule has 2 aliphatic rings. The number of ether oxygens (including phenoxy) is 3. The Hall–Kier alpha value is -2.55. The van der Waals surface area contributed by atoms with Crippen LogP contribution in [0.2, 0.25) is 5.02 Å². The lowest BCUT2D eigenvalue weighted by Crippen LogP contribution is -2.36. The second kappa shape index (κ2) is 8.90. The van der Waals surface area contributed by atoms with Crippen molar-refractivity contribution >= 4 is 40.4 Å². The molecule has 2 aromatic rings. The number of hydrogen-bond donors (Lipinski definition) is 1. The number of nitrogens with zero attached hydrogens (tertiary/aromatic N) is 1. The van der Waals surface area contributed by atoms with Crippen LogP contribution in [-0.2, 0) is 14.3 Å². The first-order chi connectivity index (χ1) is 15.0. The fourth-order valence-electron chi connectivity index (χ4n) is 4.01. The highest BCUT2D eigenvalue weighted by Gasteiger charge is 2.47. The van der Waals surface area contributed by atoms with Crippen molar-refractivity contribution in [2.75, 3.05) is 27.4 Å². The van der Waals surface area contributed by atoms with Crippen LogP contribution in [-0.4, -0.2) is 55.2 Å². The minimum atomic E-state index is -0.745. The molecule has 0 bridgehead atoms. The number of likely N-dealkylation sites (tertiary alicyclic amines) is 1. The summed E-state index contributed by atoms with van der Waals surface area (Å²) < 4.78 is 16.3. The molecule has 3 heterocycles. The Labute approximate surface area is 188 Å². The SMILES string of the molecule is COc1cc(/C(O)=C2\C(=O)C(=O)N(CC3CCCO3)C2c2cccs2)c(OC)cc1Cl. The lowest BCUT2D eigenvalue weighted by molar-refractivity contribution is -0.140. The van der Waals surface area contributed by atoms with E-state index in [1.807, 2.05) is 17.5 Å². The maximum atomic E-state index is 13.1. The lowest BCUT2D eigenvalue weighted by atomic mass is 9.99. The number of thiophene rings is 1. The highest BCUT2D eigenvalue weighted by molar-refractivity contribution is 7.10. The van der Waals surface area contributed by atoms with Gasteiger partial charge < -0.3 is 24.2 Å². The maximum Gasteiger partial charge on any atom is 0.295 e. The maximum absolute atomic E-state index is 13.1. The molecule has 164 valence electrons. The number of amides is 1. The Morgan fingerprint density at radius 2 is 2.06 bits per heavy atom. The van der Waals surface area contributed by atoms with E-state index in [-0.39, 0.29) is 35.3 Å². The number of Topliss-reactive ketones (excluding diaryl/α,β-unsaturated/α-hetero) is 1. The summed E-state index contributed by atoms with van der Waals surface area (Å²) in [7, 11) is 2.88. The van der Waals surface area contributed by atoms with Gasteiger partial charge in [0.15, 0.2) is 0 Å². The number of carbonyl (C=O) groups excluding carboxylic acids is 2. The van der Waals surface area contributed by atoms with E-state index in [4.69, 9.17) is 25.8 Å². The Morgan fingerprint density at radius 1 is 1.29 bits per heavy atom. The van der Waals surface area contributed by atoms with Gasteiger partial charge in [0.25, 0.3) is 11.7 Å². The molecule has 2 atom stereocenters. The van der Waals surface area contributed by atoms with Crippen molar-refractivity contribution in [2.24, 2.45) is 0 Å². The first kappa shape index (κ1) is 21.7. The summed E-state index contributed by atoms with van der Waals surface area (Å²) in [6.07, 6.45) is 1.61. The summed E-state index contributed by atoms with van der Waals surface area (Å²) in [5, 5.41) is 13.4. The van der Waals surface area contributed by atoms with Gasteiger partial charge in [-0.05, 0) is 30.4 Å². The number of benzene rings is 1. The Kier molecular flexibility index (Phi) is 6.22. The van der Waals surface area contributed by atoms with Crippen molar-refractivity contribution in [3.63, 3.8) is 0 Å². The minimum Gasteiger partial charge on any atom is -0.507 e. The predicted octanol–water partition coefficient (Wildman–Crippen LogP) is 4.02. The molecule has 1 aromatic carbocycles. The third kappa shape index (κ3) is 3.91.